The first-order valence-electron chi connectivity index (χ1n) is 7.52. The zero-order valence-electron chi connectivity index (χ0n) is 13.2. The van der Waals surface area contributed by atoms with Gasteiger partial charge in [0.15, 0.2) is 0 Å². The largest absolute Gasteiger partial charge is 0.487 e. The predicted molar refractivity (Wildman–Crippen MR) is 88.0 cm³/mol. The lowest BCUT2D eigenvalue weighted by Crippen LogP contribution is -2.33. The Kier molecular flexibility index (Phi) is 4.81. The second-order valence-corrected chi connectivity index (χ2v) is 5.25. The fourth-order valence-electron chi connectivity index (χ4n) is 2.17. The summed E-state index contributed by atoms with van der Waals surface area (Å²) >= 11 is 0. The maximum absolute atomic E-state index is 12.3. The molecule has 2 heterocycles. The van der Waals surface area contributed by atoms with Gasteiger partial charge in [-0.15, -0.1) is 10.2 Å². The zero-order valence-corrected chi connectivity index (χ0v) is 13.2. The Hall–Kier alpha value is -3.22. The standard InChI is InChI=1S/C17H17N5O2/c1-13(24-16-6-3-7-18-10-16)9-19-17(23)14-4-2-5-15(8-14)22-11-20-21-12-22/h2-8,10-13H,9H2,1H3,(H,19,23). The molecule has 1 amide bonds. The van der Waals surface area contributed by atoms with Crippen molar-refractivity contribution in [2.24, 2.45) is 0 Å². The first-order chi connectivity index (χ1) is 11.7. The van der Waals surface area contributed by atoms with Crippen molar-refractivity contribution in [1.82, 2.24) is 25.1 Å². The molecule has 0 aliphatic heterocycles. The van der Waals surface area contributed by atoms with Crippen molar-refractivity contribution in [3.05, 3.63) is 67.0 Å². The third kappa shape index (κ3) is 3.95. The molecule has 0 spiro atoms. The molecular weight excluding hydrogens is 306 g/mol. The number of hydrogen-bond acceptors (Lipinski definition) is 5. The lowest BCUT2D eigenvalue weighted by molar-refractivity contribution is 0.0932. The molecule has 7 heteroatoms. The number of ether oxygens (including phenoxy) is 1. The van der Waals surface area contributed by atoms with Crippen LogP contribution in [-0.4, -0.2) is 38.3 Å². The highest BCUT2D eigenvalue weighted by Crippen LogP contribution is 2.11. The van der Waals surface area contributed by atoms with E-state index in [2.05, 4.69) is 20.5 Å². The molecule has 3 rings (SSSR count). The summed E-state index contributed by atoms with van der Waals surface area (Å²) in [4.78, 5) is 16.3. The summed E-state index contributed by atoms with van der Waals surface area (Å²) in [5.74, 6) is 0.514. The van der Waals surface area contributed by atoms with Crippen molar-refractivity contribution < 1.29 is 9.53 Å². The third-order valence-electron chi connectivity index (χ3n) is 3.35. The Labute approximate surface area is 139 Å². The minimum absolute atomic E-state index is 0.161. The van der Waals surface area contributed by atoms with Gasteiger partial charge in [0, 0.05) is 17.4 Å². The van der Waals surface area contributed by atoms with Crippen LogP contribution in [0.4, 0.5) is 0 Å². The summed E-state index contributed by atoms with van der Waals surface area (Å²) in [5.41, 5.74) is 1.39. The van der Waals surface area contributed by atoms with E-state index in [0.717, 1.165) is 5.69 Å². The number of aromatic nitrogens is 4. The number of hydrogen-bond donors (Lipinski definition) is 1. The van der Waals surface area contributed by atoms with Gasteiger partial charge in [0.1, 0.15) is 24.5 Å². The fourth-order valence-corrected chi connectivity index (χ4v) is 2.17. The van der Waals surface area contributed by atoms with Crippen molar-refractivity contribution in [3.8, 4) is 11.4 Å². The van der Waals surface area contributed by atoms with Crippen LogP contribution in [-0.2, 0) is 0 Å². The second-order valence-electron chi connectivity index (χ2n) is 5.25. The smallest absolute Gasteiger partial charge is 0.251 e. The van der Waals surface area contributed by atoms with Gasteiger partial charge < -0.3 is 10.1 Å². The molecule has 0 aliphatic rings. The minimum Gasteiger partial charge on any atom is -0.487 e. The molecular formula is C17H17N5O2. The van der Waals surface area contributed by atoms with Gasteiger partial charge in [0.2, 0.25) is 0 Å². The van der Waals surface area contributed by atoms with Gasteiger partial charge in [-0.25, -0.2) is 0 Å². The van der Waals surface area contributed by atoms with Crippen LogP contribution in [0.5, 0.6) is 5.75 Å². The molecule has 0 saturated carbocycles. The summed E-state index contributed by atoms with van der Waals surface area (Å²) < 4.78 is 7.43. The van der Waals surface area contributed by atoms with Crippen molar-refractivity contribution in [2.45, 2.75) is 13.0 Å². The van der Waals surface area contributed by atoms with E-state index in [4.69, 9.17) is 4.74 Å². The summed E-state index contributed by atoms with van der Waals surface area (Å²) in [7, 11) is 0. The van der Waals surface area contributed by atoms with Crippen LogP contribution >= 0.6 is 0 Å². The van der Waals surface area contributed by atoms with Gasteiger partial charge in [0.25, 0.3) is 5.91 Å². The highest BCUT2D eigenvalue weighted by Gasteiger charge is 2.10. The molecule has 0 fully saturated rings. The molecule has 1 N–H and O–H groups in total. The molecule has 0 radical (unpaired) electrons. The molecule has 1 unspecified atom stereocenters. The number of nitrogens with one attached hydrogen (secondary N) is 1. The maximum Gasteiger partial charge on any atom is 0.251 e. The van der Waals surface area contributed by atoms with Crippen molar-refractivity contribution in [2.75, 3.05) is 6.54 Å². The number of nitrogens with zero attached hydrogens (tertiary/aromatic N) is 4. The molecule has 3 aromatic rings. The van der Waals surface area contributed by atoms with Gasteiger partial charge in [-0.05, 0) is 37.3 Å². The molecule has 0 saturated heterocycles. The van der Waals surface area contributed by atoms with Crippen LogP contribution < -0.4 is 10.1 Å². The molecule has 0 aliphatic carbocycles. The maximum atomic E-state index is 12.3. The number of carbonyl (C=O) groups excluding carboxylic acids is 1. The molecule has 122 valence electrons. The van der Waals surface area contributed by atoms with Gasteiger partial charge >= 0.3 is 0 Å². The Morgan fingerprint density at radius 2 is 2.08 bits per heavy atom. The highest BCUT2D eigenvalue weighted by atomic mass is 16.5. The Bertz CT molecular complexity index is 790. The van der Waals surface area contributed by atoms with Crippen LogP contribution in [0.15, 0.2) is 61.4 Å². The summed E-state index contributed by atoms with van der Waals surface area (Å²) in [6, 6.07) is 10.9. The highest BCUT2D eigenvalue weighted by molar-refractivity contribution is 5.94. The molecule has 0 bridgehead atoms. The monoisotopic (exact) mass is 323 g/mol. The fraction of sp³-hybridized carbons (Fsp3) is 0.176. The van der Waals surface area contributed by atoms with E-state index in [-0.39, 0.29) is 12.0 Å². The summed E-state index contributed by atoms with van der Waals surface area (Å²) in [5, 5.41) is 10.4. The minimum atomic E-state index is -0.167. The zero-order chi connectivity index (χ0) is 16.8. The van der Waals surface area contributed by atoms with E-state index in [1.54, 1.807) is 47.8 Å². The Morgan fingerprint density at radius 1 is 1.25 bits per heavy atom. The third-order valence-corrected chi connectivity index (χ3v) is 3.35. The van der Waals surface area contributed by atoms with Gasteiger partial charge in [0.05, 0.1) is 12.7 Å². The second kappa shape index (κ2) is 7.36. The molecule has 2 aromatic heterocycles. The summed E-state index contributed by atoms with van der Waals surface area (Å²) in [6.07, 6.45) is 6.32. The van der Waals surface area contributed by atoms with Gasteiger partial charge in [-0.1, -0.05) is 6.07 Å². The van der Waals surface area contributed by atoms with E-state index in [0.29, 0.717) is 17.9 Å². The number of pyridine rings is 1. The average Bonchev–Trinajstić information content (AvgIpc) is 3.15. The predicted octanol–water partition coefficient (Wildman–Crippen LogP) is 1.86. The molecule has 24 heavy (non-hydrogen) atoms. The van der Waals surface area contributed by atoms with E-state index in [9.17, 15) is 4.79 Å². The van der Waals surface area contributed by atoms with Crippen LogP contribution in [0.1, 0.15) is 17.3 Å². The van der Waals surface area contributed by atoms with Crippen LogP contribution in [0, 0.1) is 0 Å². The first kappa shape index (κ1) is 15.7. The quantitative estimate of drug-likeness (QED) is 0.749. The van der Waals surface area contributed by atoms with E-state index in [1.807, 2.05) is 25.1 Å². The number of rotatable bonds is 6. The van der Waals surface area contributed by atoms with E-state index >= 15 is 0 Å². The molecule has 1 atom stereocenters. The first-order valence-corrected chi connectivity index (χ1v) is 7.52. The van der Waals surface area contributed by atoms with Gasteiger partial charge in [-0.3, -0.25) is 14.3 Å². The average molecular weight is 323 g/mol. The SMILES string of the molecule is CC(CNC(=O)c1cccc(-n2cnnc2)c1)Oc1cccnc1. The Morgan fingerprint density at radius 3 is 2.83 bits per heavy atom. The number of carbonyl (C=O) groups is 1. The Balaban J connectivity index is 1.58. The number of benzene rings is 1. The molecule has 7 nitrogen and oxygen atoms in total. The molecule has 1 aromatic carbocycles. The van der Waals surface area contributed by atoms with Crippen LogP contribution in [0.25, 0.3) is 5.69 Å². The summed E-state index contributed by atoms with van der Waals surface area (Å²) in [6.45, 7) is 2.28. The lowest BCUT2D eigenvalue weighted by Gasteiger charge is -2.15. The van der Waals surface area contributed by atoms with E-state index < -0.39 is 0 Å². The van der Waals surface area contributed by atoms with Crippen LogP contribution in [0.2, 0.25) is 0 Å². The topological polar surface area (TPSA) is 81.9 Å². The normalized spacial score (nSPS) is 11.7. The van der Waals surface area contributed by atoms with Crippen LogP contribution in [0.3, 0.4) is 0 Å². The van der Waals surface area contributed by atoms with Crippen molar-refractivity contribution in [1.29, 1.82) is 0 Å². The van der Waals surface area contributed by atoms with Crippen molar-refractivity contribution >= 4 is 5.91 Å². The lowest BCUT2D eigenvalue weighted by atomic mass is 10.2. The number of amides is 1. The van der Waals surface area contributed by atoms with Gasteiger partial charge in [-0.2, -0.15) is 0 Å². The van der Waals surface area contributed by atoms with Crippen molar-refractivity contribution in [3.63, 3.8) is 0 Å². The van der Waals surface area contributed by atoms with E-state index in [1.165, 1.54) is 0 Å².